The second-order valence-electron chi connectivity index (χ2n) is 2.14. The Hall–Kier alpha value is -0.0300. The molecular weight excluding hydrogens is 261 g/mol. The highest BCUT2D eigenvalue weighted by Gasteiger charge is 2.18. The van der Waals surface area contributed by atoms with E-state index in [9.17, 15) is 12.8 Å². The highest BCUT2D eigenvalue weighted by molar-refractivity contribution is 8.13. The second kappa shape index (κ2) is 3.61. The van der Waals surface area contributed by atoms with Crippen LogP contribution in [-0.4, -0.2) is 8.42 Å². The van der Waals surface area contributed by atoms with E-state index >= 15 is 0 Å². The van der Waals surface area contributed by atoms with Crippen LogP contribution in [0, 0.1) is 5.82 Å². The topological polar surface area (TPSA) is 34.1 Å². The molecule has 1 aromatic rings. The molecule has 0 fully saturated rings. The zero-order chi connectivity index (χ0) is 10.2. The summed E-state index contributed by atoms with van der Waals surface area (Å²) in [5, 5.41) is -0.473. The first-order chi connectivity index (χ1) is 5.82. The van der Waals surface area contributed by atoms with E-state index in [-0.39, 0.29) is 10.0 Å². The lowest BCUT2D eigenvalue weighted by atomic mass is 10.3. The maximum Gasteiger partial charge on any atom is 0.262 e. The first-order valence-electron chi connectivity index (χ1n) is 2.91. The van der Waals surface area contributed by atoms with Gasteiger partial charge in [-0.3, -0.25) is 0 Å². The van der Waals surface area contributed by atoms with Gasteiger partial charge in [0, 0.05) is 10.7 Å². The molecule has 7 heteroatoms. The molecular formula is C6H2Cl3FO2S. The molecule has 13 heavy (non-hydrogen) atoms. The standard InChI is InChI=1S/C6H2Cl3FO2S/c7-4-1-3(10)2-5(6(4)8)13(9,11)12/h1-2H. The molecule has 0 atom stereocenters. The number of hydrogen-bond acceptors (Lipinski definition) is 2. The summed E-state index contributed by atoms with van der Waals surface area (Å²) in [5.41, 5.74) is 0. The molecule has 0 saturated carbocycles. The predicted octanol–water partition coefficient (Wildman–Crippen LogP) is 3.06. The Kier molecular flexibility index (Phi) is 3.07. The summed E-state index contributed by atoms with van der Waals surface area (Å²) in [6, 6.07) is 1.60. The molecule has 0 aliphatic carbocycles. The van der Waals surface area contributed by atoms with Gasteiger partial charge >= 0.3 is 0 Å². The van der Waals surface area contributed by atoms with Crippen molar-refractivity contribution in [3.8, 4) is 0 Å². The van der Waals surface area contributed by atoms with Gasteiger partial charge in [0.15, 0.2) is 0 Å². The first-order valence-corrected chi connectivity index (χ1v) is 5.98. The lowest BCUT2D eigenvalue weighted by Crippen LogP contribution is -1.93. The minimum Gasteiger partial charge on any atom is -0.207 e. The summed E-state index contributed by atoms with van der Waals surface area (Å²) in [5.74, 6) is -0.811. The quantitative estimate of drug-likeness (QED) is 0.576. The van der Waals surface area contributed by atoms with Crippen molar-refractivity contribution in [2.75, 3.05) is 0 Å². The summed E-state index contributed by atoms with van der Waals surface area (Å²) < 4.78 is 34.3. The Morgan fingerprint density at radius 3 is 2.23 bits per heavy atom. The minimum absolute atomic E-state index is 0.194. The van der Waals surface area contributed by atoms with Gasteiger partial charge in [0.05, 0.1) is 10.0 Å². The second-order valence-corrected chi connectivity index (χ2v) is 5.46. The minimum atomic E-state index is -4.06. The van der Waals surface area contributed by atoms with E-state index in [1.165, 1.54) is 0 Å². The Labute approximate surface area is 88.6 Å². The molecule has 0 heterocycles. The van der Waals surface area contributed by atoms with Crippen LogP contribution in [0.5, 0.6) is 0 Å². The molecule has 0 aliphatic rings. The molecule has 72 valence electrons. The van der Waals surface area contributed by atoms with Gasteiger partial charge in [-0.25, -0.2) is 12.8 Å². The molecule has 0 spiro atoms. The normalized spacial score (nSPS) is 11.7. The van der Waals surface area contributed by atoms with Crippen molar-refractivity contribution < 1.29 is 12.8 Å². The van der Waals surface area contributed by atoms with Crippen molar-refractivity contribution in [2.24, 2.45) is 0 Å². The van der Waals surface area contributed by atoms with E-state index in [0.717, 1.165) is 6.07 Å². The predicted molar refractivity (Wildman–Crippen MR) is 49.5 cm³/mol. The van der Waals surface area contributed by atoms with Gasteiger partial charge in [-0.05, 0) is 12.1 Å². The van der Waals surface area contributed by atoms with Crippen molar-refractivity contribution in [1.29, 1.82) is 0 Å². The van der Waals surface area contributed by atoms with Gasteiger partial charge in [0.2, 0.25) is 0 Å². The molecule has 1 aromatic carbocycles. The van der Waals surface area contributed by atoms with Crippen LogP contribution in [0.1, 0.15) is 0 Å². The van der Waals surface area contributed by atoms with Crippen LogP contribution >= 0.6 is 33.9 Å². The third kappa shape index (κ3) is 2.47. The number of halogens is 4. The van der Waals surface area contributed by atoms with E-state index in [2.05, 4.69) is 0 Å². The molecule has 0 N–H and O–H groups in total. The van der Waals surface area contributed by atoms with Crippen molar-refractivity contribution >= 4 is 42.9 Å². The van der Waals surface area contributed by atoms with Crippen LogP contribution in [0.15, 0.2) is 17.0 Å². The molecule has 0 aliphatic heterocycles. The Morgan fingerprint density at radius 1 is 1.23 bits per heavy atom. The van der Waals surface area contributed by atoms with Crippen LogP contribution in [0.2, 0.25) is 10.0 Å². The van der Waals surface area contributed by atoms with Crippen LogP contribution in [0.3, 0.4) is 0 Å². The SMILES string of the molecule is O=S(=O)(Cl)c1cc(F)cc(Cl)c1Cl. The summed E-state index contributed by atoms with van der Waals surface area (Å²) in [6.07, 6.45) is 0. The third-order valence-corrected chi connectivity index (χ3v) is 3.48. The van der Waals surface area contributed by atoms with Gasteiger partial charge < -0.3 is 0 Å². The summed E-state index contributed by atoms with van der Waals surface area (Å²) >= 11 is 10.9. The lowest BCUT2D eigenvalue weighted by molar-refractivity contribution is 0.602. The molecule has 2 nitrogen and oxygen atoms in total. The van der Waals surface area contributed by atoms with Crippen LogP contribution in [0.4, 0.5) is 4.39 Å². The molecule has 0 radical (unpaired) electrons. The smallest absolute Gasteiger partial charge is 0.207 e. The fourth-order valence-electron chi connectivity index (χ4n) is 0.710. The van der Waals surface area contributed by atoms with Crippen molar-refractivity contribution in [3.63, 3.8) is 0 Å². The average molecular weight is 264 g/mol. The van der Waals surface area contributed by atoms with E-state index < -0.39 is 19.8 Å². The Balaban J connectivity index is 3.56. The third-order valence-electron chi connectivity index (χ3n) is 1.22. The molecule has 0 unspecified atom stereocenters. The van der Waals surface area contributed by atoms with Gasteiger partial charge in [-0.1, -0.05) is 23.2 Å². The molecule has 0 aromatic heterocycles. The van der Waals surface area contributed by atoms with Crippen molar-refractivity contribution in [3.05, 3.63) is 28.0 Å². The fraction of sp³-hybridized carbons (Fsp3) is 0. The maximum atomic E-state index is 12.7. The largest absolute Gasteiger partial charge is 0.262 e. The van der Waals surface area contributed by atoms with Crippen LogP contribution < -0.4 is 0 Å². The van der Waals surface area contributed by atoms with Crippen LogP contribution in [-0.2, 0) is 9.05 Å². The average Bonchev–Trinajstić information content (AvgIpc) is 1.94. The zero-order valence-electron chi connectivity index (χ0n) is 5.89. The first kappa shape index (κ1) is 11.0. The zero-order valence-corrected chi connectivity index (χ0v) is 8.98. The van der Waals surface area contributed by atoms with Crippen LogP contribution in [0.25, 0.3) is 0 Å². The molecule has 0 bridgehead atoms. The van der Waals surface area contributed by atoms with Crippen molar-refractivity contribution in [1.82, 2.24) is 0 Å². The number of hydrogen-bond donors (Lipinski definition) is 0. The number of rotatable bonds is 1. The van der Waals surface area contributed by atoms with Gasteiger partial charge in [0.1, 0.15) is 10.7 Å². The highest BCUT2D eigenvalue weighted by atomic mass is 35.7. The number of benzene rings is 1. The van der Waals surface area contributed by atoms with Gasteiger partial charge in [0.25, 0.3) is 9.05 Å². The van der Waals surface area contributed by atoms with Crippen molar-refractivity contribution in [2.45, 2.75) is 4.90 Å². The summed E-state index contributed by atoms with van der Waals surface area (Å²) in [4.78, 5) is -0.527. The van der Waals surface area contributed by atoms with E-state index in [1.807, 2.05) is 0 Å². The molecule has 0 saturated heterocycles. The van der Waals surface area contributed by atoms with Gasteiger partial charge in [-0.2, -0.15) is 0 Å². The monoisotopic (exact) mass is 262 g/mol. The van der Waals surface area contributed by atoms with Gasteiger partial charge in [-0.15, -0.1) is 0 Å². The summed E-state index contributed by atoms with van der Waals surface area (Å²) in [6.45, 7) is 0. The lowest BCUT2D eigenvalue weighted by Gasteiger charge is -2.01. The van der Waals surface area contributed by atoms with E-state index in [1.54, 1.807) is 0 Å². The molecule has 1 rings (SSSR count). The Bertz CT molecular complexity index is 443. The molecule has 0 amide bonds. The highest BCUT2D eigenvalue weighted by Crippen LogP contribution is 2.32. The summed E-state index contributed by atoms with van der Waals surface area (Å²) in [7, 11) is 0.908. The maximum absolute atomic E-state index is 12.7. The van der Waals surface area contributed by atoms with E-state index in [0.29, 0.717) is 6.07 Å². The van der Waals surface area contributed by atoms with E-state index in [4.69, 9.17) is 33.9 Å². The Morgan fingerprint density at radius 2 is 1.77 bits per heavy atom. The fourth-order valence-corrected chi connectivity index (χ4v) is 2.45.